The van der Waals surface area contributed by atoms with Crippen LogP contribution in [-0.4, -0.2) is 17.7 Å². The summed E-state index contributed by atoms with van der Waals surface area (Å²) in [6.45, 7) is 3.82. The Morgan fingerprint density at radius 3 is 3.00 bits per heavy atom. The van der Waals surface area contributed by atoms with Gasteiger partial charge in [0.25, 0.3) is 0 Å². The van der Waals surface area contributed by atoms with Crippen LogP contribution in [0.1, 0.15) is 24.2 Å². The molecule has 4 heteroatoms. The summed E-state index contributed by atoms with van der Waals surface area (Å²) in [5.41, 5.74) is 2.06. The monoisotopic (exact) mass is 234 g/mol. The van der Waals surface area contributed by atoms with Crippen LogP contribution >= 0.6 is 0 Å². The molecule has 2 rings (SSSR count). The molecule has 1 aromatic heterocycles. The van der Waals surface area contributed by atoms with Crippen LogP contribution in [0.3, 0.4) is 0 Å². The van der Waals surface area contributed by atoms with E-state index in [9.17, 15) is 9.90 Å². The number of esters is 1. The maximum absolute atomic E-state index is 11.5. The van der Waals surface area contributed by atoms with Gasteiger partial charge in [-0.15, -0.1) is 0 Å². The second-order valence-electron chi connectivity index (χ2n) is 3.79. The molecule has 0 saturated carbocycles. The van der Waals surface area contributed by atoms with Crippen LogP contribution in [0.5, 0.6) is 0 Å². The van der Waals surface area contributed by atoms with Gasteiger partial charge >= 0.3 is 5.97 Å². The van der Waals surface area contributed by atoms with Gasteiger partial charge in [0, 0.05) is 10.9 Å². The zero-order valence-corrected chi connectivity index (χ0v) is 9.77. The number of hydrogen-bond acceptors (Lipinski definition) is 4. The highest BCUT2D eigenvalue weighted by molar-refractivity contribution is 5.89. The van der Waals surface area contributed by atoms with E-state index in [-0.39, 0.29) is 6.61 Å². The number of furan rings is 1. The van der Waals surface area contributed by atoms with Crippen LogP contribution in [0.4, 0.5) is 0 Å². The first-order chi connectivity index (χ1) is 8.15. The highest BCUT2D eigenvalue weighted by Crippen LogP contribution is 2.29. The molecule has 0 aliphatic carbocycles. The molecule has 1 heterocycles. The number of benzene rings is 1. The lowest BCUT2D eigenvalue weighted by molar-refractivity contribution is -0.153. The maximum Gasteiger partial charge on any atom is 0.339 e. The molecule has 0 amide bonds. The Balaban J connectivity index is 2.47. The van der Waals surface area contributed by atoms with Crippen molar-refractivity contribution in [2.24, 2.45) is 0 Å². The highest BCUT2D eigenvalue weighted by atomic mass is 16.5. The van der Waals surface area contributed by atoms with Crippen LogP contribution < -0.4 is 0 Å². The van der Waals surface area contributed by atoms with Gasteiger partial charge in [-0.25, -0.2) is 4.79 Å². The minimum atomic E-state index is -1.27. The van der Waals surface area contributed by atoms with E-state index < -0.39 is 12.1 Å². The predicted octanol–water partition coefficient (Wildman–Crippen LogP) is 2.34. The number of aliphatic hydroxyl groups excluding tert-OH is 1. The van der Waals surface area contributed by atoms with E-state index in [1.165, 1.54) is 0 Å². The van der Waals surface area contributed by atoms with E-state index in [1.54, 1.807) is 31.4 Å². The average molecular weight is 234 g/mol. The molecule has 0 saturated heterocycles. The molecule has 1 N–H and O–H groups in total. The normalized spacial score (nSPS) is 12.6. The third kappa shape index (κ3) is 2.03. The standard InChI is InChI=1S/C13H14O4/c1-3-16-13(15)12(14)9-5-4-6-10-11(9)8(2)7-17-10/h4-7,12,14H,3H2,1-2H3. The number of fused-ring (bicyclic) bond motifs is 1. The minimum Gasteiger partial charge on any atom is -0.464 e. The molecule has 4 nitrogen and oxygen atoms in total. The molecule has 90 valence electrons. The number of ether oxygens (including phenoxy) is 1. The Bertz CT molecular complexity index is 541. The molecular formula is C13H14O4. The highest BCUT2D eigenvalue weighted by Gasteiger charge is 2.22. The van der Waals surface area contributed by atoms with Crippen molar-refractivity contribution in [3.05, 3.63) is 35.6 Å². The molecule has 1 unspecified atom stereocenters. The molecule has 0 aliphatic heterocycles. The van der Waals surface area contributed by atoms with Crippen molar-refractivity contribution >= 4 is 16.9 Å². The SMILES string of the molecule is CCOC(=O)C(O)c1cccc2occ(C)c12. The van der Waals surface area contributed by atoms with Gasteiger partial charge in [-0.1, -0.05) is 12.1 Å². The van der Waals surface area contributed by atoms with Crippen LogP contribution in [0, 0.1) is 6.92 Å². The molecule has 0 spiro atoms. The lowest BCUT2D eigenvalue weighted by Gasteiger charge is -2.11. The molecule has 2 aromatic rings. The summed E-state index contributed by atoms with van der Waals surface area (Å²) in [6.07, 6.45) is 0.335. The molecular weight excluding hydrogens is 220 g/mol. The first-order valence-corrected chi connectivity index (χ1v) is 5.46. The Morgan fingerprint density at radius 1 is 1.53 bits per heavy atom. The van der Waals surface area contributed by atoms with Gasteiger partial charge < -0.3 is 14.3 Å². The largest absolute Gasteiger partial charge is 0.464 e. The summed E-state index contributed by atoms with van der Waals surface area (Å²) in [5, 5.41) is 10.7. The molecule has 0 fully saturated rings. The van der Waals surface area contributed by atoms with Crippen molar-refractivity contribution < 1.29 is 19.1 Å². The minimum absolute atomic E-state index is 0.246. The lowest BCUT2D eigenvalue weighted by atomic mass is 10.0. The van der Waals surface area contributed by atoms with E-state index >= 15 is 0 Å². The number of hydrogen-bond donors (Lipinski definition) is 1. The second kappa shape index (κ2) is 4.59. The van der Waals surface area contributed by atoms with Gasteiger partial charge in [0.05, 0.1) is 12.9 Å². The van der Waals surface area contributed by atoms with E-state index in [0.717, 1.165) is 10.9 Å². The lowest BCUT2D eigenvalue weighted by Crippen LogP contribution is -2.15. The van der Waals surface area contributed by atoms with E-state index in [1.807, 2.05) is 6.92 Å². The summed E-state index contributed by atoms with van der Waals surface area (Å²) >= 11 is 0. The zero-order chi connectivity index (χ0) is 12.4. The fourth-order valence-corrected chi connectivity index (χ4v) is 1.86. The Kier molecular flexibility index (Phi) is 3.15. The zero-order valence-electron chi connectivity index (χ0n) is 9.77. The summed E-state index contributed by atoms with van der Waals surface area (Å²) in [5.74, 6) is -0.638. The second-order valence-corrected chi connectivity index (χ2v) is 3.79. The summed E-state index contributed by atoms with van der Waals surface area (Å²) in [7, 11) is 0. The van der Waals surface area contributed by atoms with Gasteiger partial charge in [0.2, 0.25) is 0 Å². The number of carbonyl (C=O) groups is 1. The van der Waals surface area contributed by atoms with Crippen molar-refractivity contribution in [1.29, 1.82) is 0 Å². The first kappa shape index (κ1) is 11.7. The Morgan fingerprint density at radius 2 is 2.29 bits per heavy atom. The maximum atomic E-state index is 11.5. The van der Waals surface area contributed by atoms with Crippen LogP contribution in [0.25, 0.3) is 11.0 Å². The average Bonchev–Trinajstić information content (AvgIpc) is 2.71. The quantitative estimate of drug-likeness (QED) is 0.828. The summed E-state index contributed by atoms with van der Waals surface area (Å²) < 4.78 is 10.1. The van der Waals surface area contributed by atoms with E-state index in [4.69, 9.17) is 9.15 Å². The first-order valence-electron chi connectivity index (χ1n) is 5.46. The third-order valence-electron chi connectivity index (χ3n) is 2.62. The molecule has 0 aliphatic rings. The molecule has 0 radical (unpaired) electrons. The summed E-state index contributed by atoms with van der Waals surface area (Å²) in [4.78, 5) is 11.5. The number of carbonyl (C=O) groups excluding carboxylic acids is 1. The van der Waals surface area contributed by atoms with Crippen molar-refractivity contribution in [3.63, 3.8) is 0 Å². The van der Waals surface area contributed by atoms with Gasteiger partial charge in [-0.2, -0.15) is 0 Å². The molecule has 1 atom stereocenters. The molecule has 1 aromatic carbocycles. The van der Waals surface area contributed by atoms with E-state index in [0.29, 0.717) is 11.1 Å². The Hall–Kier alpha value is -1.81. The number of aliphatic hydroxyl groups is 1. The van der Waals surface area contributed by atoms with Gasteiger partial charge in [-0.3, -0.25) is 0 Å². The summed E-state index contributed by atoms with van der Waals surface area (Å²) in [6, 6.07) is 5.24. The fraction of sp³-hybridized carbons (Fsp3) is 0.308. The van der Waals surface area contributed by atoms with Crippen LogP contribution in [-0.2, 0) is 9.53 Å². The predicted molar refractivity (Wildman–Crippen MR) is 62.5 cm³/mol. The van der Waals surface area contributed by atoms with Crippen molar-refractivity contribution in [3.8, 4) is 0 Å². The van der Waals surface area contributed by atoms with Crippen molar-refractivity contribution in [2.45, 2.75) is 20.0 Å². The van der Waals surface area contributed by atoms with Gasteiger partial charge in [0.1, 0.15) is 5.58 Å². The van der Waals surface area contributed by atoms with Crippen LogP contribution in [0.2, 0.25) is 0 Å². The van der Waals surface area contributed by atoms with Crippen LogP contribution in [0.15, 0.2) is 28.9 Å². The van der Waals surface area contributed by atoms with Gasteiger partial charge in [0.15, 0.2) is 6.10 Å². The van der Waals surface area contributed by atoms with Crippen molar-refractivity contribution in [1.82, 2.24) is 0 Å². The molecule has 0 bridgehead atoms. The van der Waals surface area contributed by atoms with Crippen molar-refractivity contribution in [2.75, 3.05) is 6.61 Å². The van der Waals surface area contributed by atoms with Gasteiger partial charge in [-0.05, 0) is 25.5 Å². The third-order valence-corrected chi connectivity index (χ3v) is 2.62. The number of rotatable bonds is 3. The number of aryl methyl sites for hydroxylation is 1. The topological polar surface area (TPSA) is 59.7 Å². The Labute approximate surface area is 98.8 Å². The smallest absolute Gasteiger partial charge is 0.339 e. The fourth-order valence-electron chi connectivity index (χ4n) is 1.86. The molecule has 17 heavy (non-hydrogen) atoms. The van der Waals surface area contributed by atoms with E-state index in [2.05, 4.69) is 0 Å².